The number of halogens is 2. The van der Waals surface area contributed by atoms with Crippen molar-refractivity contribution in [1.82, 2.24) is 5.32 Å². The summed E-state index contributed by atoms with van der Waals surface area (Å²) in [6, 6.07) is 1.13. The molecule has 0 unspecified atom stereocenters. The molecule has 1 aromatic heterocycles. The quantitative estimate of drug-likeness (QED) is 0.764. The first kappa shape index (κ1) is 15.9. The lowest BCUT2D eigenvalue weighted by molar-refractivity contribution is 0.0914. The van der Waals surface area contributed by atoms with E-state index < -0.39 is 15.0 Å². The molecule has 0 spiro atoms. The van der Waals surface area contributed by atoms with Crippen molar-refractivity contribution in [3.8, 4) is 0 Å². The van der Waals surface area contributed by atoms with E-state index in [1.165, 1.54) is 0 Å². The monoisotopic (exact) mass is 383 g/mol. The molecule has 1 amide bonds. The van der Waals surface area contributed by atoms with Crippen LogP contribution in [0.25, 0.3) is 0 Å². The second kappa shape index (κ2) is 5.69. The molecule has 112 valence electrons. The Balaban J connectivity index is 2.04. The second-order valence-corrected chi connectivity index (χ2v) is 8.37. The molecule has 8 heteroatoms. The van der Waals surface area contributed by atoms with Crippen molar-refractivity contribution in [2.45, 2.75) is 37.5 Å². The van der Waals surface area contributed by atoms with Gasteiger partial charge in [0.25, 0.3) is 15.0 Å². The summed E-state index contributed by atoms with van der Waals surface area (Å²) < 4.78 is 27.5. The predicted molar refractivity (Wildman–Crippen MR) is 78.4 cm³/mol. The summed E-state index contributed by atoms with van der Waals surface area (Å²) in [6.45, 7) is 2.70. The first-order valence-corrected chi connectivity index (χ1v) is 9.40. The largest absolute Gasteiger partial charge is 0.443 e. The van der Waals surface area contributed by atoms with Crippen LogP contribution < -0.4 is 5.32 Å². The van der Waals surface area contributed by atoms with Crippen LogP contribution in [0.15, 0.2) is 20.0 Å². The Bertz CT molecular complexity index is 621. The minimum Gasteiger partial charge on any atom is -0.443 e. The van der Waals surface area contributed by atoms with Gasteiger partial charge in [0.15, 0.2) is 10.4 Å². The fourth-order valence-electron chi connectivity index (χ4n) is 2.21. The smallest absolute Gasteiger partial charge is 0.287 e. The molecule has 1 aromatic rings. The van der Waals surface area contributed by atoms with E-state index >= 15 is 0 Å². The third-order valence-electron chi connectivity index (χ3n) is 3.50. The Morgan fingerprint density at radius 2 is 2.20 bits per heavy atom. The first-order chi connectivity index (χ1) is 9.27. The van der Waals surface area contributed by atoms with Gasteiger partial charge >= 0.3 is 0 Å². The molecule has 0 atom stereocenters. The number of carbonyl (C=O) groups is 1. The second-order valence-electron chi connectivity index (χ2n) is 5.12. The Kier molecular flexibility index (Phi) is 4.51. The summed E-state index contributed by atoms with van der Waals surface area (Å²) in [7, 11) is 1.30. The predicted octanol–water partition coefficient (Wildman–Crippen LogP) is 3.28. The first-order valence-electron chi connectivity index (χ1n) is 6.30. The molecule has 1 heterocycles. The number of carbonyl (C=O) groups excluding carboxylic acids is 1. The minimum atomic E-state index is -3.93. The Morgan fingerprint density at radius 3 is 2.65 bits per heavy atom. The van der Waals surface area contributed by atoms with Crippen molar-refractivity contribution in [2.75, 3.05) is 6.54 Å². The summed E-state index contributed by atoms with van der Waals surface area (Å²) in [6.07, 6.45) is 4.39. The molecule has 0 radical (unpaired) electrons. The molecule has 2 rings (SSSR count). The van der Waals surface area contributed by atoms with Crippen LogP contribution in [-0.4, -0.2) is 20.9 Å². The lowest BCUT2D eigenvalue weighted by Crippen LogP contribution is -2.29. The molecule has 1 aliphatic carbocycles. The van der Waals surface area contributed by atoms with Gasteiger partial charge < -0.3 is 9.73 Å². The van der Waals surface area contributed by atoms with E-state index in [-0.39, 0.29) is 20.7 Å². The molecular formula is C12H15BrClNO4S. The third kappa shape index (κ3) is 3.56. The summed E-state index contributed by atoms with van der Waals surface area (Å²) in [5.74, 6) is -0.497. The molecule has 0 aromatic carbocycles. The van der Waals surface area contributed by atoms with Gasteiger partial charge in [0.1, 0.15) is 4.90 Å². The molecule has 1 saturated carbocycles. The average molecular weight is 385 g/mol. The molecule has 0 aliphatic heterocycles. The normalized spacial score (nSPS) is 16.9. The number of rotatable bonds is 6. The van der Waals surface area contributed by atoms with E-state index in [1.807, 2.05) is 0 Å². The highest BCUT2D eigenvalue weighted by Crippen LogP contribution is 2.48. The van der Waals surface area contributed by atoms with Crippen molar-refractivity contribution in [3.05, 3.63) is 16.5 Å². The van der Waals surface area contributed by atoms with Crippen molar-refractivity contribution in [3.63, 3.8) is 0 Å². The molecule has 5 nitrogen and oxygen atoms in total. The lowest BCUT2D eigenvalue weighted by atomic mass is 10.0. The van der Waals surface area contributed by atoms with E-state index in [4.69, 9.17) is 15.1 Å². The van der Waals surface area contributed by atoms with Crippen LogP contribution in [-0.2, 0) is 9.05 Å². The lowest BCUT2D eigenvalue weighted by Gasteiger charge is -2.13. The topological polar surface area (TPSA) is 76.4 Å². The molecular weight excluding hydrogens is 370 g/mol. The summed E-state index contributed by atoms with van der Waals surface area (Å²) in [5.41, 5.74) is 0.218. The summed E-state index contributed by atoms with van der Waals surface area (Å²) >= 11 is 2.94. The number of hydrogen-bond donors (Lipinski definition) is 1. The molecule has 1 fully saturated rings. The van der Waals surface area contributed by atoms with Gasteiger partial charge in [-0.1, -0.05) is 13.3 Å². The number of amides is 1. The van der Waals surface area contributed by atoms with E-state index in [0.717, 1.165) is 31.7 Å². The van der Waals surface area contributed by atoms with Crippen LogP contribution in [0.1, 0.15) is 43.2 Å². The highest BCUT2D eigenvalue weighted by molar-refractivity contribution is 9.10. The minimum absolute atomic E-state index is 0.0626. The fraction of sp³-hybridized carbons (Fsp3) is 0.583. The molecule has 1 aliphatic rings. The van der Waals surface area contributed by atoms with Crippen LogP contribution in [0.3, 0.4) is 0 Å². The maximum Gasteiger partial charge on any atom is 0.287 e. The van der Waals surface area contributed by atoms with E-state index in [9.17, 15) is 13.2 Å². The maximum absolute atomic E-state index is 12.0. The van der Waals surface area contributed by atoms with Gasteiger partial charge in [0.2, 0.25) is 0 Å². The number of hydrogen-bond acceptors (Lipinski definition) is 4. The van der Waals surface area contributed by atoms with E-state index in [1.54, 1.807) is 0 Å². The van der Waals surface area contributed by atoms with Crippen LogP contribution in [0.4, 0.5) is 0 Å². The van der Waals surface area contributed by atoms with Crippen molar-refractivity contribution in [2.24, 2.45) is 5.41 Å². The van der Waals surface area contributed by atoms with Crippen LogP contribution in [0, 0.1) is 5.41 Å². The van der Waals surface area contributed by atoms with Gasteiger partial charge in [0.05, 0.1) is 0 Å². The van der Waals surface area contributed by atoms with Crippen LogP contribution >= 0.6 is 26.6 Å². The number of nitrogens with one attached hydrogen (secondary N) is 1. The van der Waals surface area contributed by atoms with E-state index in [2.05, 4.69) is 28.2 Å². The Labute approximate surface area is 130 Å². The summed E-state index contributed by atoms with van der Waals surface area (Å²) in [4.78, 5) is 11.7. The Morgan fingerprint density at radius 1 is 1.55 bits per heavy atom. The van der Waals surface area contributed by atoms with Gasteiger partial charge in [-0.2, -0.15) is 0 Å². The highest BCUT2D eigenvalue weighted by atomic mass is 79.9. The van der Waals surface area contributed by atoms with Crippen LogP contribution in [0.5, 0.6) is 0 Å². The highest BCUT2D eigenvalue weighted by Gasteiger charge is 2.41. The van der Waals surface area contributed by atoms with Crippen molar-refractivity contribution in [1.29, 1.82) is 0 Å². The third-order valence-corrected chi connectivity index (χ3v) is 5.68. The standard InChI is InChI=1S/C12H15BrClNO4S/c1-2-3-12(4-5-12)7-15-11(16)8-6-9(10(13)19-8)20(14,17)18/h6H,2-5,7H2,1H3,(H,15,16). The van der Waals surface area contributed by atoms with Gasteiger partial charge in [-0.05, 0) is 40.6 Å². The summed E-state index contributed by atoms with van der Waals surface area (Å²) in [5, 5.41) is 2.79. The van der Waals surface area contributed by atoms with E-state index in [0.29, 0.717) is 6.54 Å². The average Bonchev–Trinajstić information content (AvgIpc) is 2.98. The zero-order valence-electron chi connectivity index (χ0n) is 10.9. The SMILES string of the molecule is CCCC1(CNC(=O)c2cc(S(=O)(=O)Cl)c(Br)o2)CC1. The Hall–Kier alpha value is -0.530. The van der Waals surface area contributed by atoms with Gasteiger partial charge in [0, 0.05) is 23.3 Å². The zero-order chi connectivity index (χ0) is 15.0. The van der Waals surface area contributed by atoms with Gasteiger partial charge in [-0.25, -0.2) is 8.42 Å². The fourth-order valence-corrected chi connectivity index (χ4v) is 4.24. The van der Waals surface area contributed by atoms with Gasteiger partial charge in [-0.3, -0.25) is 4.79 Å². The molecule has 0 saturated heterocycles. The molecule has 0 bridgehead atoms. The maximum atomic E-state index is 12.0. The molecule has 1 N–H and O–H groups in total. The zero-order valence-corrected chi connectivity index (χ0v) is 14.1. The van der Waals surface area contributed by atoms with Crippen molar-refractivity contribution < 1.29 is 17.6 Å². The number of furan rings is 1. The van der Waals surface area contributed by atoms with Crippen molar-refractivity contribution >= 4 is 41.6 Å². The molecule has 20 heavy (non-hydrogen) atoms. The van der Waals surface area contributed by atoms with Crippen LogP contribution in [0.2, 0.25) is 0 Å². The van der Waals surface area contributed by atoms with Gasteiger partial charge in [-0.15, -0.1) is 0 Å².